The van der Waals surface area contributed by atoms with Crippen LogP contribution in [0.2, 0.25) is 0 Å². The topological polar surface area (TPSA) is 136 Å². The van der Waals surface area contributed by atoms with Crippen LogP contribution in [0.3, 0.4) is 0 Å². The van der Waals surface area contributed by atoms with Crippen molar-refractivity contribution in [2.75, 3.05) is 13.2 Å². The molecule has 2 aliphatic carbocycles. The van der Waals surface area contributed by atoms with Gasteiger partial charge in [0.2, 0.25) is 0 Å². The average molecular weight is 548 g/mol. The van der Waals surface area contributed by atoms with Crippen molar-refractivity contribution in [3.8, 4) is 0 Å². The van der Waals surface area contributed by atoms with Crippen molar-refractivity contribution >= 4 is 17.5 Å². The van der Waals surface area contributed by atoms with Gasteiger partial charge in [-0.05, 0) is 70.6 Å². The van der Waals surface area contributed by atoms with E-state index in [-0.39, 0.29) is 36.7 Å². The number of nitrogens with two attached hydrogens (primary N) is 2. The lowest BCUT2D eigenvalue weighted by Crippen LogP contribution is -2.94. The van der Waals surface area contributed by atoms with E-state index < -0.39 is 29.2 Å². The predicted octanol–water partition coefficient (Wildman–Crippen LogP) is 3.09. The first kappa shape index (κ1) is 30.4. The van der Waals surface area contributed by atoms with Gasteiger partial charge in [-0.1, -0.05) is 44.3 Å². The van der Waals surface area contributed by atoms with Gasteiger partial charge in [0.15, 0.2) is 17.2 Å². The molecule has 0 radical (unpaired) electrons. The fourth-order valence-corrected chi connectivity index (χ4v) is 7.32. The van der Waals surface area contributed by atoms with Crippen molar-refractivity contribution < 1.29 is 34.3 Å². The molecule has 8 heteroatoms. The molecule has 0 amide bonds. The summed E-state index contributed by atoms with van der Waals surface area (Å²) in [6, 6.07) is 0. The van der Waals surface area contributed by atoms with Crippen LogP contribution in [0.1, 0.15) is 110 Å². The van der Waals surface area contributed by atoms with Crippen LogP contribution in [-0.4, -0.2) is 59.3 Å². The van der Waals surface area contributed by atoms with E-state index in [4.69, 9.17) is 15.2 Å². The van der Waals surface area contributed by atoms with Gasteiger partial charge in [-0.15, -0.1) is 0 Å². The van der Waals surface area contributed by atoms with Crippen LogP contribution >= 0.6 is 0 Å². The van der Waals surface area contributed by atoms with E-state index in [0.717, 1.165) is 69.9 Å². The lowest BCUT2D eigenvalue weighted by Gasteiger charge is -2.37. The fraction of sp³-hybridized carbons (Fsp3) is 0.839. The summed E-state index contributed by atoms with van der Waals surface area (Å²) in [6.45, 7) is 5.26. The number of ether oxygens (including phenoxy) is 2. The minimum atomic E-state index is -1.81. The van der Waals surface area contributed by atoms with Crippen LogP contribution in [0, 0.1) is 17.8 Å². The summed E-state index contributed by atoms with van der Waals surface area (Å²) in [5.74, 6) is -1.24. The number of carbonyl (C=O) groups is 3. The van der Waals surface area contributed by atoms with Crippen molar-refractivity contribution in [3.63, 3.8) is 0 Å². The zero-order valence-corrected chi connectivity index (χ0v) is 24.1. The molecule has 0 aromatic rings. The van der Waals surface area contributed by atoms with Crippen LogP contribution in [-0.2, 0) is 23.9 Å². The van der Waals surface area contributed by atoms with Crippen molar-refractivity contribution in [1.29, 1.82) is 0 Å². The molecule has 8 nitrogen and oxygen atoms in total. The summed E-state index contributed by atoms with van der Waals surface area (Å²) >= 11 is 0. The second-order valence-electron chi connectivity index (χ2n) is 12.6. The lowest BCUT2D eigenvalue weighted by atomic mass is 9.61. The molecule has 5 N–H and O–H groups in total. The summed E-state index contributed by atoms with van der Waals surface area (Å²) in [7, 11) is 0. The number of allylic oxidation sites excluding steroid dienone is 1. The maximum atomic E-state index is 13.9. The van der Waals surface area contributed by atoms with E-state index in [0.29, 0.717) is 38.0 Å². The van der Waals surface area contributed by atoms with E-state index in [9.17, 15) is 19.5 Å². The zero-order valence-electron chi connectivity index (χ0n) is 24.1. The molecule has 220 valence electrons. The monoisotopic (exact) mass is 547 g/mol. The molecule has 7 unspecified atom stereocenters. The number of piperidine rings is 1. The number of aliphatic hydroxyl groups is 1. The Morgan fingerprint density at radius 1 is 1.15 bits per heavy atom. The highest BCUT2D eigenvalue weighted by atomic mass is 16.7. The van der Waals surface area contributed by atoms with Crippen LogP contribution in [0.15, 0.2) is 11.6 Å². The third kappa shape index (κ3) is 6.34. The Morgan fingerprint density at radius 3 is 2.56 bits per heavy atom. The maximum Gasteiger partial charge on any atom is 0.350 e. The summed E-state index contributed by atoms with van der Waals surface area (Å²) in [5, 5.41) is 11.6. The Kier molecular flexibility index (Phi) is 10.4. The van der Waals surface area contributed by atoms with Gasteiger partial charge >= 0.3 is 5.97 Å². The Bertz CT molecular complexity index is 921. The normalized spacial score (nSPS) is 35.2. The number of rotatable bonds is 14. The van der Waals surface area contributed by atoms with Crippen molar-refractivity contribution in [3.05, 3.63) is 11.6 Å². The summed E-state index contributed by atoms with van der Waals surface area (Å²) < 4.78 is 12.1. The highest BCUT2D eigenvalue weighted by Gasteiger charge is 2.87. The number of aliphatic hydroxyl groups excluding tert-OH is 1. The average Bonchev–Trinajstić information content (AvgIpc) is 3.65. The van der Waals surface area contributed by atoms with Gasteiger partial charge in [-0.25, -0.2) is 4.79 Å². The van der Waals surface area contributed by atoms with Gasteiger partial charge in [0.25, 0.3) is 5.60 Å². The first-order chi connectivity index (χ1) is 18.8. The number of Topliss-reactive ketones (excluding diaryl/α,β-unsaturated/α-hetero) is 2. The zero-order chi connectivity index (χ0) is 28.0. The van der Waals surface area contributed by atoms with Crippen LogP contribution < -0.4 is 11.1 Å². The molecule has 2 saturated heterocycles. The second-order valence-corrected chi connectivity index (χ2v) is 12.6. The Hall–Kier alpha value is -1.61. The molecule has 39 heavy (non-hydrogen) atoms. The quantitative estimate of drug-likeness (QED) is 0.0999. The largest absolute Gasteiger partial charge is 0.460 e. The molecule has 2 heterocycles. The third-order valence-corrected chi connectivity index (χ3v) is 9.75. The van der Waals surface area contributed by atoms with E-state index >= 15 is 0 Å². The lowest BCUT2D eigenvalue weighted by molar-refractivity contribution is -0.699. The highest BCUT2D eigenvalue weighted by Crippen LogP contribution is 2.61. The van der Waals surface area contributed by atoms with Crippen molar-refractivity contribution in [1.82, 2.24) is 0 Å². The van der Waals surface area contributed by atoms with Gasteiger partial charge in [0, 0.05) is 31.3 Å². The standard InChI is InChI=1S/C31H50N2O6/c1-3-4-5-9-23(10-8-19-34)38-29(37)31-28(36)25-12-7-6-11-24(25)27(35)30(31,39-31)17-15-21(2)13-14-22-16-18-33-26(32)20-22/h15,22-26,33-34H,3-14,16-20,32H2,1-2H3/p+1. The second kappa shape index (κ2) is 13.4. The minimum Gasteiger partial charge on any atom is -0.460 e. The molecule has 7 atom stereocenters. The molecular weight excluding hydrogens is 496 g/mol. The first-order valence-corrected chi connectivity index (χ1v) is 15.6. The molecule has 4 fully saturated rings. The molecule has 0 bridgehead atoms. The molecule has 2 saturated carbocycles. The smallest absolute Gasteiger partial charge is 0.350 e. The molecule has 0 spiro atoms. The highest BCUT2D eigenvalue weighted by molar-refractivity contribution is 6.23. The molecule has 0 aromatic carbocycles. The first-order valence-electron chi connectivity index (χ1n) is 15.6. The molecule has 4 aliphatic rings. The molecule has 4 rings (SSSR count). The minimum absolute atomic E-state index is 0.0176. The van der Waals surface area contributed by atoms with Crippen LogP contribution in [0.5, 0.6) is 0 Å². The summed E-state index contributed by atoms with van der Waals surface area (Å²) in [4.78, 5) is 41.7. The maximum absolute atomic E-state index is 13.9. The number of esters is 1. The van der Waals surface area contributed by atoms with Gasteiger partial charge in [-0.3, -0.25) is 15.3 Å². The van der Waals surface area contributed by atoms with Gasteiger partial charge in [0.05, 0.1) is 6.54 Å². The number of ketones is 2. The summed E-state index contributed by atoms with van der Waals surface area (Å²) in [5.41, 5.74) is 4.02. The number of epoxide rings is 1. The van der Waals surface area contributed by atoms with Gasteiger partial charge in [-0.2, -0.15) is 0 Å². The number of fused-ring (bicyclic) bond motifs is 2. The fourth-order valence-electron chi connectivity index (χ4n) is 7.32. The number of unbranched alkanes of at least 4 members (excludes halogenated alkanes) is 2. The van der Waals surface area contributed by atoms with Crippen molar-refractivity contribution in [2.24, 2.45) is 23.5 Å². The third-order valence-electron chi connectivity index (χ3n) is 9.75. The molecular formula is C31H51N2O6+. The van der Waals surface area contributed by atoms with E-state index in [1.54, 1.807) is 0 Å². The number of hydrogen-bond donors (Lipinski definition) is 3. The van der Waals surface area contributed by atoms with Crippen LogP contribution in [0.4, 0.5) is 0 Å². The van der Waals surface area contributed by atoms with Gasteiger partial charge in [0.1, 0.15) is 12.3 Å². The Morgan fingerprint density at radius 2 is 1.87 bits per heavy atom. The Balaban J connectivity index is 1.50. The number of hydrogen-bond acceptors (Lipinski definition) is 7. The number of carbonyl (C=O) groups excluding carboxylic acids is 3. The Labute approximate surface area is 233 Å². The SMILES string of the molecule is CCCCCC(CCCO)OC(=O)C12OC1(CC=C(C)CCC1CC[NH2+]C(N)C1)C(=O)C1CCCCC1C2=O. The van der Waals surface area contributed by atoms with Crippen LogP contribution in [0.25, 0.3) is 0 Å². The van der Waals surface area contributed by atoms with E-state index in [1.807, 2.05) is 6.08 Å². The van der Waals surface area contributed by atoms with E-state index in [2.05, 4.69) is 19.2 Å². The van der Waals surface area contributed by atoms with E-state index in [1.165, 1.54) is 0 Å². The summed E-state index contributed by atoms with van der Waals surface area (Å²) in [6.07, 6.45) is 14.0. The van der Waals surface area contributed by atoms with Crippen molar-refractivity contribution in [2.45, 2.75) is 134 Å². The molecule has 0 aromatic heterocycles. The predicted molar refractivity (Wildman–Crippen MR) is 147 cm³/mol. The molecule has 2 aliphatic heterocycles. The number of quaternary nitrogens is 1. The van der Waals surface area contributed by atoms with Gasteiger partial charge < -0.3 is 19.9 Å².